The Bertz CT molecular complexity index is 516. The van der Waals surface area contributed by atoms with Crippen molar-refractivity contribution in [1.29, 1.82) is 0 Å². The maximum atomic E-state index is 11.1. The van der Waals surface area contributed by atoms with Crippen molar-refractivity contribution in [3.8, 4) is 11.5 Å². The summed E-state index contributed by atoms with van der Waals surface area (Å²) >= 11 is 0. The van der Waals surface area contributed by atoms with Crippen LogP contribution in [0.5, 0.6) is 11.5 Å². The van der Waals surface area contributed by atoms with Gasteiger partial charge in [-0.2, -0.15) is 0 Å². The van der Waals surface area contributed by atoms with E-state index in [0.717, 1.165) is 5.56 Å². The molecule has 6 nitrogen and oxygen atoms in total. The Balaban J connectivity index is 2.12. The fourth-order valence-electron chi connectivity index (χ4n) is 1.76. The summed E-state index contributed by atoms with van der Waals surface area (Å²) in [5, 5.41) is 0. The van der Waals surface area contributed by atoms with Crippen molar-refractivity contribution in [2.75, 3.05) is 18.6 Å². The first kappa shape index (κ1) is 13.1. The van der Waals surface area contributed by atoms with Gasteiger partial charge in [-0.05, 0) is 17.7 Å². The molecule has 1 aromatic rings. The third-order valence-electron chi connectivity index (χ3n) is 2.65. The molecular weight excluding hydrogens is 258 g/mol. The molecular formula is C11H15NO5S. The highest BCUT2D eigenvalue weighted by molar-refractivity contribution is 7.92. The molecule has 0 bridgehead atoms. The van der Waals surface area contributed by atoms with Crippen LogP contribution in [-0.2, 0) is 21.3 Å². The van der Waals surface area contributed by atoms with Gasteiger partial charge >= 0.3 is 0 Å². The van der Waals surface area contributed by atoms with Crippen LogP contribution in [0.1, 0.15) is 5.56 Å². The summed E-state index contributed by atoms with van der Waals surface area (Å²) in [6.45, 7) is 0.253. The molecule has 2 N–H and O–H groups in total. The van der Waals surface area contributed by atoms with Gasteiger partial charge < -0.3 is 9.47 Å². The minimum absolute atomic E-state index is 0.0494. The van der Waals surface area contributed by atoms with E-state index in [-0.39, 0.29) is 24.2 Å². The maximum Gasteiger partial charge on any atom is 0.162 e. The summed E-state index contributed by atoms with van der Waals surface area (Å²) in [4.78, 5) is 4.54. The van der Waals surface area contributed by atoms with Crippen LogP contribution in [0, 0.1) is 0 Å². The van der Waals surface area contributed by atoms with Crippen LogP contribution in [-0.4, -0.2) is 33.1 Å². The topological polar surface area (TPSA) is 87.8 Å². The molecule has 7 heteroatoms. The Morgan fingerprint density at radius 2 is 2.06 bits per heavy atom. The molecule has 1 fully saturated rings. The molecule has 0 saturated carbocycles. The van der Waals surface area contributed by atoms with Gasteiger partial charge in [0.05, 0.1) is 25.2 Å². The van der Waals surface area contributed by atoms with Gasteiger partial charge in [0.25, 0.3) is 0 Å². The maximum absolute atomic E-state index is 11.1. The second-order valence-electron chi connectivity index (χ2n) is 4.11. The number of methoxy groups -OCH3 is 1. The van der Waals surface area contributed by atoms with Crippen molar-refractivity contribution < 1.29 is 22.7 Å². The Hall–Kier alpha value is -1.31. The summed E-state index contributed by atoms with van der Waals surface area (Å²) in [6, 6.07) is 5.27. The molecule has 0 radical (unpaired) electrons. The molecule has 1 aliphatic rings. The zero-order chi connectivity index (χ0) is 13.2. The number of sulfone groups is 1. The minimum Gasteiger partial charge on any atom is -0.493 e. The third kappa shape index (κ3) is 2.92. The van der Waals surface area contributed by atoms with Crippen LogP contribution in [0.25, 0.3) is 0 Å². The first-order chi connectivity index (χ1) is 8.54. The molecule has 1 aromatic carbocycles. The van der Waals surface area contributed by atoms with Crippen molar-refractivity contribution in [3.05, 3.63) is 23.8 Å². The summed E-state index contributed by atoms with van der Waals surface area (Å²) in [5.41, 5.74) is 0.829. The monoisotopic (exact) mass is 273 g/mol. The molecule has 1 heterocycles. The SMILES string of the molecule is COc1ccc(CON)cc1OC1CS(=O)(=O)C1. The fourth-order valence-corrected chi connectivity index (χ4v) is 2.94. The van der Waals surface area contributed by atoms with Crippen molar-refractivity contribution >= 4 is 9.84 Å². The van der Waals surface area contributed by atoms with Crippen LogP contribution < -0.4 is 15.4 Å². The summed E-state index contributed by atoms with van der Waals surface area (Å²) in [6.07, 6.45) is -0.307. The standard InChI is InChI=1S/C11H15NO5S/c1-15-10-3-2-8(5-16-12)4-11(10)17-9-6-18(13,14)7-9/h2-4,9H,5-7,12H2,1H3. The van der Waals surface area contributed by atoms with Gasteiger partial charge in [0.2, 0.25) is 0 Å². The lowest BCUT2D eigenvalue weighted by molar-refractivity contribution is 0.123. The molecule has 0 aliphatic carbocycles. The predicted octanol–water partition coefficient (Wildman–Crippen LogP) is 0.261. The number of hydrogen-bond acceptors (Lipinski definition) is 6. The Morgan fingerprint density at radius 1 is 1.33 bits per heavy atom. The third-order valence-corrected chi connectivity index (χ3v) is 4.41. The molecule has 18 heavy (non-hydrogen) atoms. The second kappa shape index (κ2) is 5.13. The van der Waals surface area contributed by atoms with Crippen LogP contribution in [0.3, 0.4) is 0 Å². The van der Waals surface area contributed by atoms with Crippen LogP contribution in [0.15, 0.2) is 18.2 Å². The minimum atomic E-state index is -2.90. The molecule has 100 valence electrons. The number of benzene rings is 1. The average molecular weight is 273 g/mol. The summed E-state index contributed by atoms with van der Waals surface area (Å²) in [7, 11) is -1.37. The normalized spacial score (nSPS) is 18.1. The number of rotatable bonds is 5. The van der Waals surface area contributed by atoms with Gasteiger partial charge in [0.1, 0.15) is 6.10 Å². The number of ether oxygens (including phenoxy) is 2. The van der Waals surface area contributed by atoms with Gasteiger partial charge in [-0.1, -0.05) is 6.07 Å². The van der Waals surface area contributed by atoms with E-state index in [9.17, 15) is 8.42 Å². The van der Waals surface area contributed by atoms with Crippen LogP contribution in [0.2, 0.25) is 0 Å². The molecule has 0 unspecified atom stereocenters. The van der Waals surface area contributed by atoms with Gasteiger partial charge in [-0.25, -0.2) is 14.3 Å². The highest BCUT2D eigenvalue weighted by Gasteiger charge is 2.35. The van der Waals surface area contributed by atoms with Crippen molar-refractivity contribution in [3.63, 3.8) is 0 Å². The number of hydrogen-bond donors (Lipinski definition) is 1. The zero-order valence-corrected chi connectivity index (χ0v) is 10.8. The molecule has 0 aromatic heterocycles. The molecule has 0 atom stereocenters. The molecule has 0 amide bonds. The first-order valence-electron chi connectivity index (χ1n) is 5.40. The highest BCUT2D eigenvalue weighted by atomic mass is 32.2. The van der Waals surface area contributed by atoms with Gasteiger partial charge in [0, 0.05) is 0 Å². The lowest BCUT2D eigenvalue weighted by Gasteiger charge is -2.27. The van der Waals surface area contributed by atoms with Crippen molar-refractivity contribution in [1.82, 2.24) is 0 Å². The first-order valence-corrected chi connectivity index (χ1v) is 7.22. The van der Waals surface area contributed by atoms with Crippen molar-refractivity contribution in [2.45, 2.75) is 12.7 Å². The highest BCUT2D eigenvalue weighted by Crippen LogP contribution is 2.31. The largest absolute Gasteiger partial charge is 0.493 e. The lowest BCUT2D eigenvalue weighted by Crippen LogP contribution is -2.45. The fraction of sp³-hybridized carbons (Fsp3) is 0.455. The molecule has 1 saturated heterocycles. The molecule has 0 spiro atoms. The Labute approximate surface area is 106 Å². The van der Waals surface area contributed by atoms with Crippen LogP contribution >= 0.6 is 0 Å². The van der Waals surface area contributed by atoms with E-state index in [1.165, 1.54) is 7.11 Å². The van der Waals surface area contributed by atoms with E-state index < -0.39 is 9.84 Å². The van der Waals surface area contributed by atoms with E-state index in [1.54, 1.807) is 18.2 Å². The van der Waals surface area contributed by atoms with E-state index in [0.29, 0.717) is 11.5 Å². The Kier molecular flexibility index (Phi) is 3.74. The average Bonchev–Trinajstić information content (AvgIpc) is 2.27. The van der Waals surface area contributed by atoms with E-state index in [2.05, 4.69) is 4.84 Å². The lowest BCUT2D eigenvalue weighted by atomic mass is 10.2. The Morgan fingerprint density at radius 3 is 2.61 bits per heavy atom. The van der Waals surface area contributed by atoms with Crippen molar-refractivity contribution in [2.24, 2.45) is 5.90 Å². The van der Waals surface area contributed by atoms with E-state index in [1.807, 2.05) is 0 Å². The molecule has 1 aliphatic heterocycles. The van der Waals surface area contributed by atoms with Gasteiger partial charge in [0.15, 0.2) is 21.3 Å². The summed E-state index contributed by atoms with van der Waals surface area (Å²) < 4.78 is 32.9. The van der Waals surface area contributed by atoms with E-state index in [4.69, 9.17) is 15.4 Å². The van der Waals surface area contributed by atoms with Crippen LogP contribution in [0.4, 0.5) is 0 Å². The molecule has 2 rings (SSSR count). The predicted molar refractivity (Wildman–Crippen MR) is 65.0 cm³/mol. The van der Waals surface area contributed by atoms with Gasteiger partial charge in [-0.3, -0.25) is 4.84 Å². The van der Waals surface area contributed by atoms with Gasteiger partial charge in [-0.15, -0.1) is 0 Å². The number of nitrogens with two attached hydrogens (primary N) is 1. The second-order valence-corrected chi connectivity index (χ2v) is 6.27. The smallest absolute Gasteiger partial charge is 0.162 e. The summed E-state index contributed by atoms with van der Waals surface area (Å²) in [5.74, 6) is 6.16. The quantitative estimate of drug-likeness (QED) is 0.774. The van der Waals surface area contributed by atoms with E-state index >= 15 is 0 Å². The zero-order valence-electron chi connectivity index (χ0n) is 9.96.